The summed E-state index contributed by atoms with van der Waals surface area (Å²) >= 11 is 0. The highest BCUT2D eigenvalue weighted by atomic mass is 16.3. The van der Waals surface area contributed by atoms with Crippen LogP contribution in [0.15, 0.2) is 203 Å². The first-order chi connectivity index (χ1) is 27.3. The second kappa shape index (κ2) is 13.7. The van der Waals surface area contributed by atoms with E-state index in [1.54, 1.807) is 0 Å². The number of nitrogens with zero attached hydrogens (tertiary/aromatic N) is 1. The fourth-order valence-corrected chi connectivity index (χ4v) is 9.69. The lowest BCUT2D eigenvalue weighted by molar-refractivity contribution is 0.635. The van der Waals surface area contributed by atoms with E-state index in [-0.39, 0.29) is 5.41 Å². The van der Waals surface area contributed by atoms with Gasteiger partial charge in [0, 0.05) is 50.0 Å². The van der Waals surface area contributed by atoms with Crippen LogP contribution in [0.1, 0.15) is 75.3 Å². The Morgan fingerprint density at radius 2 is 1.64 bits per heavy atom. The molecule has 0 saturated heterocycles. The van der Waals surface area contributed by atoms with Crippen molar-refractivity contribution in [2.75, 3.05) is 4.90 Å². The van der Waals surface area contributed by atoms with Crippen molar-refractivity contribution in [2.24, 2.45) is 0 Å². The average molecular weight is 726 g/mol. The predicted molar refractivity (Wildman–Crippen MR) is 238 cm³/mol. The summed E-state index contributed by atoms with van der Waals surface area (Å²) in [5.41, 5.74) is 20.9. The average Bonchev–Trinajstić information content (AvgIpc) is 3.63. The van der Waals surface area contributed by atoms with Gasteiger partial charge in [-0.25, -0.2) is 0 Å². The molecular weight excluding hydrogens is 679 g/mol. The maximum Gasteiger partial charge on any atom is 0.143 e. The Bertz CT molecular complexity index is 2790. The fraction of sp³-hybridized carbons (Fsp3) is 0.167. The number of rotatable bonds is 8. The van der Waals surface area contributed by atoms with Gasteiger partial charge in [-0.05, 0) is 110 Å². The van der Waals surface area contributed by atoms with Crippen molar-refractivity contribution in [3.8, 4) is 0 Å². The van der Waals surface area contributed by atoms with Crippen molar-refractivity contribution in [3.05, 3.63) is 226 Å². The van der Waals surface area contributed by atoms with Gasteiger partial charge in [0.2, 0.25) is 0 Å². The zero-order chi connectivity index (χ0) is 38.6. The summed E-state index contributed by atoms with van der Waals surface area (Å²) in [6.45, 7) is 15.3. The van der Waals surface area contributed by atoms with Crippen LogP contribution < -0.4 is 4.90 Å². The van der Waals surface area contributed by atoms with E-state index >= 15 is 0 Å². The first-order valence-electron chi connectivity index (χ1n) is 19.8. The Kier molecular flexibility index (Phi) is 8.68. The van der Waals surface area contributed by atoms with Crippen molar-refractivity contribution >= 4 is 38.8 Å². The number of hydrogen-bond donors (Lipinski definition) is 0. The smallest absolute Gasteiger partial charge is 0.143 e. The Morgan fingerprint density at radius 3 is 2.45 bits per heavy atom. The lowest BCUT2D eigenvalue weighted by Gasteiger charge is -2.39. The molecule has 4 aromatic carbocycles. The van der Waals surface area contributed by atoms with Crippen LogP contribution in [0.5, 0.6) is 0 Å². The van der Waals surface area contributed by atoms with Gasteiger partial charge in [-0.15, -0.1) is 5.73 Å². The normalized spacial score (nSPS) is 19.9. The van der Waals surface area contributed by atoms with Crippen LogP contribution >= 0.6 is 0 Å². The van der Waals surface area contributed by atoms with E-state index < -0.39 is 5.41 Å². The number of hydrogen-bond acceptors (Lipinski definition) is 2. The Balaban J connectivity index is 1.33. The van der Waals surface area contributed by atoms with Crippen molar-refractivity contribution < 1.29 is 4.42 Å². The van der Waals surface area contributed by atoms with Crippen LogP contribution in [-0.2, 0) is 10.8 Å². The van der Waals surface area contributed by atoms with Crippen molar-refractivity contribution in [3.63, 3.8) is 0 Å². The molecule has 5 aromatic rings. The van der Waals surface area contributed by atoms with E-state index in [1.807, 2.05) is 6.08 Å². The van der Waals surface area contributed by atoms with E-state index in [1.165, 1.54) is 55.8 Å². The fourth-order valence-electron chi connectivity index (χ4n) is 9.69. The minimum atomic E-state index is -0.455. The topological polar surface area (TPSA) is 16.4 Å². The summed E-state index contributed by atoms with van der Waals surface area (Å²) < 4.78 is 6.90. The lowest BCUT2D eigenvalue weighted by atomic mass is 9.65. The van der Waals surface area contributed by atoms with E-state index in [4.69, 9.17) is 4.42 Å². The number of allylic oxidation sites excluding steroid dienone is 17. The molecule has 1 aromatic heterocycles. The minimum absolute atomic E-state index is 0.216. The molecule has 56 heavy (non-hydrogen) atoms. The molecule has 0 aliphatic heterocycles. The van der Waals surface area contributed by atoms with Gasteiger partial charge in [0.25, 0.3) is 0 Å². The van der Waals surface area contributed by atoms with Crippen molar-refractivity contribution in [2.45, 2.75) is 58.3 Å². The molecule has 9 rings (SSSR count). The molecule has 1 atom stereocenters. The van der Waals surface area contributed by atoms with Gasteiger partial charge in [0.1, 0.15) is 11.2 Å². The molecule has 0 fully saturated rings. The van der Waals surface area contributed by atoms with E-state index in [9.17, 15) is 0 Å². The summed E-state index contributed by atoms with van der Waals surface area (Å²) in [6, 6.07) is 31.2. The summed E-state index contributed by atoms with van der Waals surface area (Å²) in [4.78, 5) is 2.46. The molecule has 2 nitrogen and oxygen atoms in total. The van der Waals surface area contributed by atoms with Gasteiger partial charge >= 0.3 is 0 Å². The molecule has 0 spiro atoms. The third kappa shape index (κ3) is 5.24. The van der Waals surface area contributed by atoms with E-state index in [0.717, 1.165) is 51.7 Å². The first kappa shape index (κ1) is 35.4. The summed E-state index contributed by atoms with van der Waals surface area (Å²) in [6.07, 6.45) is 27.8. The van der Waals surface area contributed by atoms with Gasteiger partial charge in [-0.1, -0.05) is 141 Å². The number of anilines is 1. The molecule has 4 aliphatic rings. The van der Waals surface area contributed by atoms with Gasteiger partial charge in [-0.2, -0.15) is 0 Å². The van der Waals surface area contributed by atoms with Crippen LogP contribution in [0.3, 0.4) is 0 Å². The van der Waals surface area contributed by atoms with Gasteiger partial charge < -0.3 is 9.32 Å². The van der Waals surface area contributed by atoms with Crippen molar-refractivity contribution in [1.82, 2.24) is 0 Å². The van der Waals surface area contributed by atoms with Crippen LogP contribution in [0.4, 0.5) is 5.69 Å². The SMILES string of the molecule is C=C/C=C(\C=C/C)N(C1=CC2=C(CC1)C(/C(C)=C/C=C\C)(c1ccccc1)c1ccc3c(oc4ccccc43)c12)c1ccc2c(c1)C(C)(C)C1=C=C2C=CC=C1. The number of benzene rings is 4. The van der Waals surface area contributed by atoms with E-state index in [0.29, 0.717) is 0 Å². The largest absolute Gasteiger partial charge is 0.455 e. The van der Waals surface area contributed by atoms with Crippen molar-refractivity contribution in [1.29, 1.82) is 0 Å². The monoisotopic (exact) mass is 725 g/mol. The molecule has 1 unspecified atom stereocenters. The summed E-state index contributed by atoms with van der Waals surface area (Å²) in [5.74, 6) is 0. The Hall–Kier alpha value is -6.34. The van der Waals surface area contributed by atoms with Gasteiger partial charge in [0.05, 0.1) is 5.41 Å². The third-order valence-electron chi connectivity index (χ3n) is 12.3. The van der Waals surface area contributed by atoms with Gasteiger partial charge in [-0.3, -0.25) is 0 Å². The highest BCUT2D eigenvalue weighted by Crippen LogP contribution is 2.60. The standard InChI is InChI=1S/C54H47NO/c1-7-10-20-36(4)54(38-22-12-11-13-23-38)47-31-28-41(34-46(47)51-48(54)32-30-45-44-25-16-17-26-50(44)56-52(45)51)55(40(18-8-2)19-9-3)42-27-29-43-37-21-14-15-24-39(33-37)53(5,6)49(43)35-42/h7-27,29-30,32,34-35H,2,28,31H2,1,3-6H3/b10-7-,19-9-,36-20+,40-18+. The van der Waals surface area contributed by atoms with Crippen LogP contribution in [-0.4, -0.2) is 0 Å². The molecule has 2 bridgehead atoms. The molecule has 4 aliphatic carbocycles. The van der Waals surface area contributed by atoms with Gasteiger partial charge in [0.15, 0.2) is 0 Å². The van der Waals surface area contributed by atoms with E-state index in [2.05, 4.69) is 204 Å². The third-order valence-corrected chi connectivity index (χ3v) is 12.3. The molecule has 0 amide bonds. The Labute approximate surface area is 331 Å². The highest BCUT2D eigenvalue weighted by Gasteiger charge is 2.49. The predicted octanol–water partition coefficient (Wildman–Crippen LogP) is 14.3. The summed E-state index contributed by atoms with van der Waals surface area (Å²) in [7, 11) is 0. The molecule has 2 heteroatoms. The molecule has 0 radical (unpaired) electrons. The number of para-hydroxylation sites is 1. The zero-order valence-electron chi connectivity index (χ0n) is 33.0. The number of fused-ring (bicyclic) bond motifs is 8. The number of furan rings is 1. The lowest BCUT2D eigenvalue weighted by Crippen LogP contribution is -2.31. The Morgan fingerprint density at radius 1 is 0.839 bits per heavy atom. The molecule has 1 heterocycles. The maximum atomic E-state index is 6.90. The molecular formula is C54H47NO. The maximum absolute atomic E-state index is 6.90. The molecule has 0 N–H and O–H groups in total. The summed E-state index contributed by atoms with van der Waals surface area (Å²) in [5, 5.41) is 2.29. The first-order valence-corrected chi connectivity index (χ1v) is 19.8. The molecule has 0 saturated carbocycles. The quantitative estimate of drug-likeness (QED) is 0.117. The molecule has 274 valence electrons. The van der Waals surface area contributed by atoms with Crippen LogP contribution in [0, 0.1) is 0 Å². The van der Waals surface area contributed by atoms with Crippen LogP contribution in [0.2, 0.25) is 0 Å². The van der Waals surface area contributed by atoms with Crippen LogP contribution in [0.25, 0.3) is 33.1 Å². The zero-order valence-corrected chi connectivity index (χ0v) is 33.0. The highest BCUT2D eigenvalue weighted by molar-refractivity contribution is 6.11. The second-order valence-electron chi connectivity index (χ2n) is 15.7. The second-order valence-corrected chi connectivity index (χ2v) is 15.7. The minimum Gasteiger partial charge on any atom is -0.455 e.